The van der Waals surface area contributed by atoms with Gasteiger partial charge in [0.05, 0.1) is 0 Å². The molecule has 0 atom stereocenters. The Bertz CT molecular complexity index is 258. The van der Waals surface area contributed by atoms with Crippen molar-refractivity contribution in [1.82, 2.24) is 0 Å². The van der Waals surface area contributed by atoms with Crippen molar-refractivity contribution < 1.29 is 43.7 Å². The van der Waals surface area contributed by atoms with Crippen molar-refractivity contribution in [2.75, 3.05) is 0 Å². The van der Waals surface area contributed by atoms with Gasteiger partial charge in [0.2, 0.25) is 0 Å². The molecular weight excluding hydrogens is 311 g/mol. The van der Waals surface area contributed by atoms with E-state index in [-0.39, 0.29) is 71.6 Å². The van der Waals surface area contributed by atoms with Gasteiger partial charge in [0.25, 0.3) is 0 Å². The van der Waals surface area contributed by atoms with Gasteiger partial charge in [0, 0.05) is 6.42 Å². The number of allylic oxidation sites excluding steroid dienone is 2. The molecule has 1 N–H and O–H groups in total. The largest absolute Gasteiger partial charge is 2.00 e. The van der Waals surface area contributed by atoms with Gasteiger partial charge in [-0.05, 0) is 32.1 Å². The fraction of sp³-hybridized carbons (Fsp3) is 0.833. The minimum atomic E-state index is -0.664. The summed E-state index contributed by atoms with van der Waals surface area (Å²) in [7, 11) is 0. The third-order valence-electron chi connectivity index (χ3n) is 3.65. The molecule has 0 spiro atoms. The zero-order valence-electron chi connectivity index (χ0n) is 18.1. The molecule has 0 heterocycles. The summed E-state index contributed by atoms with van der Waals surface area (Å²) in [6.07, 6.45) is 21.2. The molecule has 22 heavy (non-hydrogen) atoms. The molecule has 0 aliphatic rings. The van der Waals surface area contributed by atoms with E-state index in [4.69, 9.17) is 5.11 Å². The van der Waals surface area contributed by atoms with Gasteiger partial charge in [-0.15, -0.1) is 0 Å². The maximum Gasteiger partial charge on any atom is 2.00 e. The van der Waals surface area contributed by atoms with Gasteiger partial charge in [-0.1, -0.05) is 70.4 Å². The number of hydrogen-bond donors (Lipinski definition) is 1. The molecule has 0 saturated heterocycles. The normalized spacial score (nSPS) is 10.2. The summed E-state index contributed by atoms with van der Waals surface area (Å²) in [5.41, 5.74) is 0. The number of aliphatic carboxylic acids is 1. The van der Waals surface area contributed by atoms with Crippen LogP contribution in [0.3, 0.4) is 0 Å². The van der Waals surface area contributed by atoms with E-state index >= 15 is 0 Å². The van der Waals surface area contributed by atoms with E-state index in [1.807, 2.05) is 0 Å². The molecule has 0 amide bonds. The van der Waals surface area contributed by atoms with Gasteiger partial charge in [-0.2, -0.15) is 0 Å². The summed E-state index contributed by atoms with van der Waals surface area (Å²) in [5, 5.41) is 8.51. The molecule has 0 aromatic carbocycles. The molecule has 2 nitrogen and oxygen atoms in total. The van der Waals surface area contributed by atoms with Crippen LogP contribution in [0, 0.1) is 0 Å². The third kappa shape index (κ3) is 26.4. The summed E-state index contributed by atoms with van der Waals surface area (Å²) in [4.78, 5) is 10.3. The third-order valence-corrected chi connectivity index (χ3v) is 3.65. The smallest absolute Gasteiger partial charge is 1.00 e. The number of unbranched alkanes of at least 4 members (excludes halogenated alkanes) is 11. The van der Waals surface area contributed by atoms with Crippen molar-refractivity contribution in [1.29, 1.82) is 0 Å². The molecule has 124 valence electrons. The molecule has 0 aliphatic carbocycles. The summed E-state index contributed by atoms with van der Waals surface area (Å²) in [6, 6.07) is 0. The number of rotatable bonds is 15. The average molecular weight is 349 g/mol. The molecule has 0 bridgehead atoms. The van der Waals surface area contributed by atoms with Crippen molar-refractivity contribution in [2.24, 2.45) is 0 Å². The zero-order chi connectivity index (χ0) is 14.9. The molecule has 0 aliphatic heterocycles. The fourth-order valence-electron chi connectivity index (χ4n) is 2.35. The second kappa shape index (κ2) is 24.7. The van der Waals surface area contributed by atoms with E-state index < -0.39 is 5.97 Å². The number of carboxylic acids is 1. The van der Waals surface area contributed by atoms with E-state index in [9.17, 15) is 4.79 Å². The minimum Gasteiger partial charge on any atom is -1.00 e. The van der Waals surface area contributed by atoms with Crippen LogP contribution in [0.4, 0.5) is 0 Å². The average Bonchev–Trinajstić information content (AvgIpc) is 2.43. The van der Waals surface area contributed by atoms with Gasteiger partial charge in [0.1, 0.15) is 0 Å². The number of hydrogen-bond acceptors (Lipinski definition) is 1. The molecule has 0 aromatic heterocycles. The maximum atomic E-state index is 10.3. The van der Waals surface area contributed by atoms with Gasteiger partial charge in [-0.25, -0.2) is 0 Å². The SMILES string of the molecule is CCCCCCCC/C=C\CCCCCCCC(=O)O.[Ca+2].[H-].[H-].[H-].[Na+]. The first-order valence-electron chi connectivity index (χ1n) is 8.64. The van der Waals surface area contributed by atoms with Crippen LogP contribution < -0.4 is 29.6 Å². The molecular formula is C18H37CaNaO2. The Hall–Kier alpha value is 1.47. The Morgan fingerprint density at radius 2 is 1.23 bits per heavy atom. The Balaban J connectivity index is -0.000000180. The number of carbonyl (C=O) groups is 1. The van der Waals surface area contributed by atoms with Crippen LogP contribution in [-0.4, -0.2) is 48.8 Å². The molecule has 0 fully saturated rings. The second-order valence-electron chi connectivity index (χ2n) is 5.73. The van der Waals surface area contributed by atoms with Crippen LogP contribution in [0.5, 0.6) is 0 Å². The standard InChI is InChI=1S/C18H34O2.Ca.Na.3H/c1-2-3-4-5-6-7-8-9-10-11-12-13-14-15-16-17-18(19)20;;;;;/h9-10H,2-8,11-17H2,1H3,(H,19,20);;;;;/q;+2;+1;3*-1/b10-9-;;;;;. The van der Waals surface area contributed by atoms with Crippen LogP contribution >= 0.6 is 0 Å². The van der Waals surface area contributed by atoms with Crippen molar-refractivity contribution in [3.63, 3.8) is 0 Å². The Morgan fingerprint density at radius 1 is 0.818 bits per heavy atom. The molecule has 4 heteroatoms. The first-order valence-corrected chi connectivity index (χ1v) is 8.64. The Labute approximate surface area is 194 Å². The fourth-order valence-corrected chi connectivity index (χ4v) is 2.35. The predicted octanol–water partition coefficient (Wildman–Crippen LogP) is 3.07. The van der Waals surface area contributed by atoms with Gasteiger partial charge in [0.15, 0.2) is 0 Å². The van der Waals surface area contributed by atoms with Gasteiger partial charge < -0.3 is 9.39 Å². The monoisotopic (exact) mass is 348 g/mol. The van der Waals surface area contributed by atoms with E-state index in [0.717, 1.165) is 12.8 Å². The molecule has 0 rings (SSSR count). The van der Waals surface area contributed by atoms with Crippen LogP contribution in [-0.2, 0) is 4.79 Å². The maximum absolute atomic E-state index is 10.3. The first-order chi connectivity index (χ1) is 9.77. The molecule has 0 aromatic rings. The Kier molecular flexibility index (Phi) is 31.8. The first kappa shape index (κ1) is 28.3. The van der Waals surface area contributed by atoms with Crippen molar-refractivity contribution in [3.8, 4) is 0 Å². The van der Waals surface area contributed by atoms with Crippen molar-refractivity contribution >= 4 is 43.7 Å². The van der Waals surface area contributed by atoms with E-state index in [2.05, 4.69) is 19.1 Å². The molecule has 0 radical (unpaired) electrons. The molecule has 0 saturated carbocycles. The van der Waals surface area contributed by atoms with E-state index in [1.165, 1.54) is 70.6 Å². The Morgan fingerprint density at radius 3 is 1.68 bits per heavy atom. The predicted molar refractivity (Wildman–Crippen MR) is 96.2 cm³/mol. The van der Waals surface area contributed by atoms with Crippen LogP contribution in [0.1, 0.15) is 101 Å². The quantitative estimate of drug-likeness (QED) is 0.281. The second-order valence-corrected chi connectivity index (χ2v) is 5.73. The topological polar surface area (TPSA) is 37.3 Å². The van der Waals surface area contributed by atoms with E-state index in [1.54, 1.807) is 0 Å². The summed E-state index contributed by atoms with van der Waals surface area (Å²) in [5.74, 6) is -0.664. The van der Waals surface area contributed by atoms with Gasteiger partial charge >= 0.3 is 73.3 Å². The van der Waals surface area contributed by atoms with Crippen molar-refractivity contribution in [2.45, 2.75) is 96.8 Å². The van der Waals surface area contributed by atoms with Crippen LogP contribution in [0.2, 0.25) is 0 Å². The number of carboxylic acid groups (broad SMARTS) is 1. The van der Waals surface area contributed by atoms with Crippen molar-refractivity contribution in [3.05, 3.63) is 12.2 Å². The minimum absolute atomic E-state index is 0. The zero-order valence-corrected chi connectivity index (χ0v) is 19.3. The summed E-state index contributed by atoms with van der Waals surface area (Å²) < 4.78 is 0. The van der Waals surface area contributed by atoms with Crippen LogP contribution in [0.15, 0.2) is 12.2 Å². The van der Waals surface area contributed by atoms with Crippen LogP contribution in [0.25, 0.3) is 0 Å². The van der Waals surface area contributed by atoms with Gasteiger partial charge in [-0.3, -0.25) is 4.79 Å². The molecule has 0 unspecified atom stereocenters. The summed E-state index contributed by atoms with van der Waals surface area (Å²) >= 11 is 0. The summed E-state index contributed by atoms with van der Waals surface area (Å²) in [6.45, 7) is 2.26. The van der Waals surface area contributed by atoms with E-state index in [0.29, 0.717) is 6.42 Å².